The first-order chi connectivity index (χ1) is 10.4. The maximum Gasteiger partial charge on any atom is 0.330 e. The molecule has 1 N–H and O–H groups in total. The molecule has 0 fully saturated rings. The molecule has 0 bridgehead atoms. The van der Waals surface area contributed by atoms with Crippen molar-refractivity contribution in [3.63, 3.8) is 0 Å². The molecule has 7 heteroatoms. The molecule has 0 aromatic carbocycles. The summed E-state index contributed by atoms with van der Waals surface area (Å²) < 4.78 is 9.72. The number of rotatable bonds is 8. The standard InChI is InChI=1S/C15H20N2O5/c1-4-13(18)21-8-5-9-22-14(19)6-7-17-10-11(2)12(3)16-15(17)20/h4,10H,1,3,5-9H2,2H3,(H,16,20). The van der Waals surface area contributed by atoms with Crippen molar-refractivity contribution in [2.45, 2.75) is 19.8 Å². The van der Waals surface area contributed by atoms with E-state index in [1.54, 1.807) is 6.20 Å². The fraction of sp³-hybridized carbons (Fsp3) is 0.400. The van der Waals surface area contributed by atoms with Crippen molar-refractivity contribution in [2.75, 3.05) is 19.8 Å². The highest BCUT2D eigenvalue weighted by molar-refractivity contribution is 5.81. The lowest BCUT2D eigenvalue weighted by molar-refractivity contribution is -0.144. The summed E-state index contributed by atoms with van der Waals surface area (Å²) in [5, 5.41) is 2.59. The minimum absolute atomic E-state index is 0.0795. The molecule has 120 valence electrons. The van der Waals surface area contributed by atoms with Gasteiger partial charge in [0, 0.05) is 30.9 Å². The minimum atomic E-state index is -0.508. The van der Waals surface area contributed by atoms with Crippen LogP contribution in [0.1, 0.15) is 19.8 Å². The molecule has 0 saturated carbocycles. The zero-order valence-electron chi connectivity index (χ0n) is 12.6. The van der Waals surface area contributed by atoms with Gasteiger partial charge >= 0.3 is 18.0 Å². The Bertz CT molecular complexity index is 510. The Balaban J connectivity index is 2.21. The maximum absolute atomic E-state index is 11.7. The molecule has 0 aliphatic carbocycles. The monoisotopic (exact) mass is 308 g/mol. The van der Waals surface area contributed by atoms with Crippen LogP contribution < -0.4 is 5.32 Å². The molecule has 7 nitrogen and oxygen atoms in total. The van der Waals surface area contributed by atoms with E-state index < -0.39 is 11.9 Å². The first-order valence-electron chi connectivity index (χ1n) is 6.84. The summed E-state index contributed by atoms with van der Waals surface area (Å²) in [6, 6.07) is -0.320. The lowest BCUT2D eigenvalue weighted by Gasteiger charge is -2.25. The highest BCUT2D eigenvalue weighted by Gasteiger charge is 2.19. The average Bonchev–Trinajstić information content (AvgIpc) is 2.48. The molecule has 0 aromatic rings. The van der Waals surface area contributed by atoms with Crippen molar-refractivity contribution in [1.82, 2.24) is 10.2 Å². The van der Waals surface area contributed by atoms with Gasteiger partial charge in [-0.2, -0.15) is 0 Å². The minimum Gasteiger partial charge on any atom is -0.465 e. The molecule has 0 radical (unpaired) electrons. The molecule has 0 atom stereocenters. The fourth-order valence-electron chi connectivity index (χ4n) is 1.60. The molecular formula is C15H20N2O5. The smallest absolute Gasteiger partial charge is 0.330 e. The number of amides is 2. The molecule has 0 aromatic heterocycles. The van der Waals surface area contributed by atoms with E-state index in [-0.39, 0.29) is 32.2 Å². The Kier molecular flexibility index (Phi) is 6.88. The summed E-state index contributed by atoms with van der Waals surface area (Å²) in [6.07, 6.45) is 3.20. The molecule has 1 heterocycles. The van der Waals surface area contributed by atoms with E-state index in [0.717, 1.165) is 11.6 Å². The van der Waals surface area contributed by atoms with Gasteiger partial charge in [-0.1, -0.05) is 13.2 Å². The second-order valence-electron chi connectivity index (χ2n) is 4.61. The Morgan fingerprint density at radius 1 is 1.36 bits per heavy atom. The van der Waals surface area contributed by atoms with Crippen LogP contribution in [-0.4, -0.2) is 42.6 Å². The molecule has 1 aliphatic heterocycles. The van der Waals surface area contributed by atoms with E-state index in [9.17, 15) is 14.4 Å². The molecule has 2 amide bonds. The quantitative estimate of drug-likeness (QED) is 0.417. The third kappa shape index (κ3) is 5.82. The van der Waals surface area contributed by atoms with Crippen molar-refractivity contribution < 1.29 is 23.9 Å². The van der Waals surface area contributed by atoms with E-state index in [1.165, 1.54) is 4.90 Å². The molecule has 0 spiro atoms. The van der Waals surface area contributed by atoms with E-state index in [0.29, 0.717) is 12.1 Å². The zero-order valence-corrected chi connectivity index (χ0v) is 12.6. The summed E-state index contributed by atoms with van der Waals surface area (Å²) in [7, 11) is 0. The van der Waals surface area contributed by atoms with Gasteiger partial charge in [-0.3, -0.25) is 9.69 Å². The van der Waals surface area contributed by atoms with Crippen LogP contribution in [0.3, 0.4) is 0 Å². The summed E-state index contributed by atoms with van der Waals surface area (Å²) in [5.41, 5.74) is 1.38. The van der Waals surface area contributed by atoms with Gasteiger partial charge < -0.3 is 14.8 Å². The number of carbonyl (C=O) groups is 3. The topological polar surface area (TPSA) is 84.9 Å². The molecule has 0 unspecified atom stereocenters. The highest BCUT2D eigenvalue weighted by atomic mass is 16.5. The first kappa shape index (κ1) is 17.5. The van der Waals surface area contributed by atoms with Gasteiger partial charge in [-0.25, -0.2) is 9.59 Å². The number of hydrogen-bond acceptors (Lipinski definition) is 5. The number of nitrogens with one attached hydrogen (secondary N) is 1. The molecule has 1 rings (SSSR count). The molecular weight excluding hydrogens is 288 g/mol. The third-order valence-corrected chi connectivity index (χ3v) is 2.86. The normalized spacial score (nSPS) is 14.0. The largest absolute Gasteiger partial charge is 0.465 e. The maximum atomic E-state index is 11.7. The Labute approximate surface area is 129 Å². The fourth-order valence-corrected chi connectivity index (χ4v) is 1.60. The number of esters is 2. The van der Waals surface area contributed by atoms with Crippen molar-refractivity contribution in [3.05, 3.63) is 36.7 Å². The number of ether oxygens (including phenoxy) is 2. The van der Waals surface area contributed by atoms with Crippen molar-refractivity contribution in [3.8, 4) is 0 Å². The average molecular weight is 308 g/mol. The van der Waals surface area contributed by atoms with Gasteiger partial charge in [0.05, 0.1) is 19.6 Å². The Morgan fingerprint density at radius 2 is 2.05 bits per heavy atom. The SMILES string of the molecule is C=CC(=O)OCCCOC(=O)CCN1C=C(C)C(=C)NC1=O. The highest BCUT2D eigenvalue weighted by Crippen LogP contribution is 2.12. The number of allylic oxidation sites excluding steroid dienone is 1. The summed E-state index contributed by atoms with van der Waals surface area (Å²) in [4.78, 5) is 35.4. The summed E-state index contributed by atoms with van der Waals surface area (Å²) >= 11 is 0. The molecule has 22 heavy (non-hydrogen) atoms. The van der Waals surface area contributed by atoms with Crippen LogP contribution in [0.5, 0.6) is 0 Å². The lowest BCUT2D eigenvalue weighted by atomic mass is 10.2. The van der Waals surface area contributed by atoms with E-state index >= 15 is 0 Å². The van der Waals surface area contributed by atoms with Crippen LogP contribution in [0.15, 0.2) is 36.7 Å². The van der Waals surface area contributed by atoms with Gasteiger partial charge in [0.2, 0.25) is 0 Å². The number of urea groups is 1. The predicted molar refractivity (Wildman–Crippen MR) is 79.5 cm³/mol. The molecule has 1 aliphatic rings. The zero-order chi connectivity index (χ0) is 16.5. The number of carbonyl (C=O) groups excluding carboxylic acids is 3. The van der Waals surface area contributed by atoms with Crippen LogP contribution in [0.25, 0.3) is 0 Å². The lowest BCUT2D eigenvalue weighted by Crippen LogP contribution is -2.41. The van der Waals surface area contributed by atoms with Gasteiger partial charge in [-0.15, -0.1) is 0 Å². The van der Waals surface area contributed by atoms with Gasteiger partial charge in [0.15, 0.2) is 0 Å². The van der Waals surface area contributed by atoms with Crippen LogP contribution in [0.2, 0.25) is 0 Å². The second-order valence-corrected chi connectivity index (χ2v) is 4.61. The van der Waals surface area contributed by atoms with Crippen LogP contribution in [-0.2, 0) is 19.1 Å². The van der Waals surface area contributed by atoms with E-state index in [4.69, 9.17) is 9.47 Å². The molecule has 0 saturated heterocycles. The Morgan fingerprint density at radius 3 is 2.73 bits per heavy atom. The second kappa shape index (κ2) is 8.66. The third-order valence-electron chi connectivity index (χ3n) is 2.86. The van der Waals surface area contributed by atoms with E-state index in [1.807, 2.05) is 6.92 Å². The summed E-state index contributed by atoms with van der Waals surface area (Å²) in [5.74, 6) is -0.926. The predicted octanol–water partition coefficient (Wildman–Crippen LogP) is 1.48. The van der Waals surface area contributed by atoms with E-state index in [2.05, 4.69) is 18.5 Å². The number of nitrogens with zero attached hydrogens (tertiary/aromatic N) is 1. The first-order valence-corrected chi connectivity index (χ1v) is 6.84. The van der Waals surface area contributed by atoms with Crippen molar-refractivity contribution in [1.29, 1.82) is 0 Å². The van der Waals surface area contributed by atoms with Gasteiger partial charge in [0.1, 0.15) is 0 Å². The van der Waals surface area contributed by atoms with Crippen LogP contribution >= 0.6 is 0 Å². The van der Waals surface area contributed by atoms with Gasteiger partial charge in [-0.05, 0) is 12.5 Å². The Hall–Kier alpha value is -2.57. The summed E-state index contributed by atoms with van der Waals surface area (Å²) in [6.45, 7) is 9.31. The van der Waals surface area contributed by atoms with Crippen LogP contribution in [0, 0.1) is 0 Å². The van der Waals surface area contributed by atoms with Crippen LogP contribution in [0.4, 0.5) is 4.79 Å². The number of hydrogen-bond donors (Lipinski definition) is 1. The van der Waals surface area contributed by atoms with Crippen molar-refractivity contribution >= 4 is 18.0 Å². The van der Waals surface area contributed by atoms with Crippen molar-refractivity contribution in [2.24, 2.45) is 0 Å². The van der Waals surface area contributed by atoms with Gasteiger partial charge in [0.25, 0.3) is 0 Å².